The number of fused-ring (bicyclic) bond motifs is 4. The summed E-state index contributed by atoms with van der Waals surface area (Å²) in [6.07, 6.45) is 7.35. The van der Waals surface area contributed by atoms with Gasteiger partial charge in [0.25, 0.3) is 5.56 Å². The van der Waals surface area contributed by atoms with Gasteiger partial charge in [0.2, 0.25) is 5.95 Å². The molecule has 1 unspecified atom stereocenters. The third-order valence-electron chi connectivity index (χ3n) is 8.45. The Bertz CT molecular complexity index is 1540. The third kappa shape index (κ3) is 3.22. The second-order valence-corrected chi connectivity index (χ2v) is 11.6. The fraction of sp³-hybridized carbons (Fsp3) is 0.538. The molecule has 1 aromatic carbocycles. The summed E-state index contributed by atoms with van der Waals surface area (Å²) in [5.41, 5.74) is 4.42. The zero-order valence-electron chi connectivity index (χ0n) is 20.5. The highest BCUT2D eigenvalue weighted by Gasteiger charge is 2.47. The lowest BCUT2D eigenvalue weighted by Crippen LogP contribution is -2.36. The Balaban J connectivity index is 1.47. The van der Waals surface area contributed by atoms with Crippen LogP contribution in [0.3, 0.4) is 0 Å². The summed E-state index contributed by atoms with van der Waals surface area (Å²) in [5, 5.41) is 6.06. The summed E-state index contributed by atoms with van der Waals surface area (Å²) in [5.74, 6) is 1.41. The highest BCUT2D eigenvalue weighted by Crippen LogP contribution is 2.45. The molecule has 3 aliphatic rings. The van der Waals surface area contributed by atoms with E-state index in [1.54, 1.807) is 10.1 Å². The van der Waals surface area contributed by atoms with Crippen molar-refractivity contribution in [3.63, 3.8) is 0 Å². The van der Waals surface area contributed by atoms with Crippen LogP contribution in [0.1, 0.15) is 58.1 Å². The first-order chi connectivity index (χ1) is 17.6. The van der Waals surface area contributed by atoms with Gasteiger partial charge in [0.15, 0.2) is 11.9 Å². The van der Waals surface area contributed by atoms with E-state index in [0.29, 0.717) is 46.4 Å². The maximum atomic E-state index is 14.1. The molecule has 8 nitrogen and oxygen atoms in total. The van der Waals surface area contributed by atoms with E-state index < -0.39 is 0 Å². The van der Waals surface area contributed by atoms with Crippen molar-refractivity contribution in [2.24, 2.45) is 13.0 Å². The zero-order chi connectivity index (χ0) is 24.6. The highest BCUT2D eigenvalue weighted by molar-refractivity contribution is 7.17. The Hall–Kier alpha value is -2.49. The minimum Gasteiger partial charge on any atom is -0.356 e. The predicted molar refractivity (Wildman–Crippen MR) is 143 cm³/mol. The van der Waals surface area contributed by atoms with Crippen molar-refractivity contribution >= 4 is 50.1 Å². The maximum Gasteiger partial charge on any atom is 0.266 e. The van der Waals surface area contributed by atoms with Crippen molar-refractivity contribution in [2.45, 2.75) is 70.2 Å². The monoisotopic (exact) mass is 524 g/mol. The molecule has 188 valence electrons. The molecule has 0 saturated carbocycles. The number of ether oxygens (including phenoxy) is 1. The lowest BCUT2D eigenvalue weighted by atomic mass is 9.87. The second-order valence-electron chi connectivity index (χ2n) is 10.3. The van der Waals surface area contributed by atoms with Crippen LogP contribution in [0.2, 0.25) is 5.02 Å². The molecular weight excluding hydrogens is 496 g/mol. The Morgan fingerprint density at radius 1 is 1.22 bits per heavy atom. The predicted octanol–water partition coefficient (Wildman–Crippen LogP) is 5.53. The van der Waals surface area contributed by atoms with Crippen molar-refractivity contribution in [3.8, 4) is 11.3 Å². The van der Waals surface area contributed by atoms with Gasteiger partial charge >= 0.3 is 0 Å². The lowest BCUT2D eigenvalue weighted by molar-refractivity contribution is -0.0368. The van der Waals surface area contributed by atoms with Crippen molar-refractivity contribution in [1.29, 1.82) is 0 Å². The number of aromatic nitrogens is 5. The van der Waals surface area contributed by atoms with E-state index >= 15 is 0 Å². The van der Waals surface area contributed by atoms with Crippen LogP contribution >= 0.6 is 22.9 Å². The largest absolute Gasteiger partial charge is 0.356 e. The highest BCUT2D eigenvalue weighted by atomic mass is 35.5. The van der Waals surface area contributed by atoms with E-state index in [-0.39, 0.29) is 11.8 Å². The molecule has 10 heteroatoms. The third-order valence-corrected chi connectivity index (χ3v) is 9.82. The Kier molecular flexibility index (Phi) is 5.38. The van der Waals surface area contributed by atoms with Crippen molar-refractivity contribution in [3.05, 3.63) is 33.0 Å². The molecule has 2 bridgehead atoms. The van der Waals surface area contributed by atoms with Gasteiger partial charge in [-0.15, -0.1) is 11.3 Å². The van der Waals surface area contributed by atoms with Gasteiger partial charge in [-0.2, -0.15) is 10.1 Å². The number of hydrogen-bond acceptors (Lipinski definition) is 7. The number of rotatable bonds is 4. The Morgan fingerprint density at radius 2 is 2.11 bits per heavy atom. The van der Waals surface area contributed by atoms with Gasteiger partial charge in [-0.3, -0.25) is 9.36 Å². The Morgan fingerprint density at radius 3 is 2.89 bits per heavy atom. The number of hydrogen-bond donors (Lipinski definition) is 0. The number of nitrogens with zero attached hydrogens (tertiary/aromatic N) is 6. The topological polar surface area (TPSA) is 78.1 Å². The first-order valence-electron chi connectivity index (χ1n) is 13.0. The van der Waals surface area contributed by atoms with Crippen LogP contribution in [0.25, 0.3) is 32.5 Å². The van der Waals surface area contributed by atoms with Crippen molar-refractivity contribution in [2.75, 3.05) is 11.5 Å². The first kappa shape index (κ1) is 22.7. The van der Waals surface area contributed by atoms with Gasteiger partial charge < -0.3 is 9.64 Å². The minimum absolute atomic E-state index is 0.0909. The van der Waals surface area contributed by atoms with Gasteiger partial charge in [0.05, 0.1) is 20.7 Å². The standard InChI is InChI=1S/C26H29ClN6O2S/c1-3-14-12-15-7-10-18(14)32(15)26-29-24-20(25(34)31(26)2)22(30-33(24)19-6-4-5-11-35-19)16-8-9-17-23(21(16)27)36-13-28-17/h8-9,13-15,18-19H,3-7,10-12H2,1-2H3/t14-,15+,18-,19?/m1/s1. The molecule has 6 heterocycles. The molecule has 3 aliphatic heterocycles. The smallest absolute Gasteiger partial charge is 0.266 e. The van der Waals surface area contributed by atoms with E-state index in [1.165, 1.54) is 17.8 Å². The van der Waals surface area contributed by atoms with Crippen LogP contribution < -0.4 is 10.5 Å². The maximum absolute atomic E-state index is 14.1. The minimum atomic E-state index is -0.243. The summed E-state index contributed by atoms with van der Waals surface area (Å²) < 4.78 is 10.6. The van der Waals surface area contributed by atoms with Gasteiger partial charge in [0.1, 0.15) is 11.1 Å². The van der Waals surface area contributed by atoms with Crippen LogP contribution in [0.5, 0.6) is 0 Å². The number of halogens is 1. The number of anilines is 1. The average Bonchev–Trinajstić information content (AvgIpc) is 3.69. The van der Waals surface area contributed by atoms with E-state index in [4.69, 9.17) is 26.4 Å². The summed E-state index contributed by atoms with van der Waals surface area (Å²) in [6, 6.07) is 4.74. The van der Waals surface area contributed by atoms with Crippen molar-refractivity contribution < 1.29 is 4.74 Å². The van der Waals surface area contributed by atoms with Gasteiger partial charge in [-0.1, -0.05) is 24.9 Å². The van der Waals surface area contributed by atoms with Gasteiger partial charge in [-0.05, 0) is 56.6 Å². The molecule has 0 spiro atoms. The Labute approximate surface area is 217 Å². The fourth-order valence-corrected chi connectivity index (χ4v) is 7.75. The number of thiazole rings is 1. The van der Waals surface area contributed by atoms with Crippen LogP contribution in [-0.4, -0.2) is 43.0 Å². The zero-order valence-corrected chi connectivity index (χ0v) is 22.1. The molecule has 4 atom stereocenters. The molecule has 0 aliphatic carbocycles. The second kappa shape index (κ2) is 8.53. The number of benzene rings is 1. The molecule has 0 N–H and O–H groups in total. The first-order valence-corrected chi connectivity index (χ1v) is 14.2. The molecule has 36 heavy (non-hydrogen) atoms. The quantitative estimate of drug-likeness (QED) is 0.349. The van der Waals surface area contributed by atoms with Crippen molar-refractivity contribution in [1.82, 2.24) is 24.3 Å². The molecule has 3 aromatic heterocycles. The van der Waals surface area contributed by atoms with Gasteiger partial charge in [0, 0.05) is 31.3 Å². The molecule has 7 rings (SSSR count). The summed E-state index contributed by atoms with van der Waals surface area (Å²) in [7, 11) is 1.84. The van der Waals surface area contributed by atoms with Crippen LogP contribution in [0.4, 0.5) is 5.95 Å². The molecule has 4 aromatic rings. The van der Waals surface area contributed by atoms with Crippen LogP contribution in [-0.2, 0) is 11.8 Å². The average molecular weight is 525 g/mol. The summed E-state index contributed by atoms with van der Waals surface area (Å²) in [4.78, 5) is 26.0. The molecule has 3 saturated heterocycles. The molecular formula is C26H29ClN6O2S. The molecule has 0 radical (unpaired) electrons. The summed E-state index contributed by atoms with van der Waals surface area (Å²) >= 11 is 8.36. The van der Waals surface area contributed by atoms with Gasteiger partial charge in [-0.25, -0.2) is 9.67 Å². The van der Waals surface area contributed by atoms with Crippen LogP contribution in [0.15, 0.2) is 22.4 Å². The lowest BCUT2D eigenvalue weighted by Gasteiger charge is -2.27. The summed E-state index contributed by atoms with van der Waals surface area (Å²) in [6.45, 7) is 2.95. The SMILES string of the molecule is CC[C@@H]1C[C@@H]2CC[C@H]1N2c1nc2c(c(-c3ccc4ncsc4c3Cl)nn2C2CCCCO2)c(=O)n1C. The normalized spacial score (nSPS) is 26.0. The molecule has 0 amide bonds. The van der Waals surface area contributed by atoms with E-state index in [1.807, 2.05) is 23.9 Å². The fourth-order valence-electron chi connectivity index (χ4n) is 6.64. The van der Waals surface area contributed by atoms with E-state index in [9.17, 15) is 4.79 Å². The van der Waals surface area contributed by atoms with E-state index in [2.05, 4.69) is 16.8 Å². The van der Waals surface area contributed by atoms with E-state index in [0.717, 1.165) is 60.3 Å². The molecule has 3 fully saturated rings. The van der Waals surface area contributed by atoms with Crippen LogP contribution in [0, 0.1) is 5.92 Å².